The van der Waals surface area contributed by atoms with Crippen LogP contribution in [0.25, 0.3) is 109 Å². The molecule has 0 spiro atoms. The molecule has 0 aliphatic rings. The number of nitrogens with zero attached hydrogens (tertiary/aromatic N) is 4. The molecule has 53 heavy (non-hydrogen) atoms. The monoisotopic (exact) mass is 692 g/mol. The van der Waals surface area contributed by atoms with E-state index in [0.717, 1.165) is 27.8 Å². The lowest BCUT2D eigenvalue weighted by Gasteiger charge is -2.13. The first-order valence-corrected chi connectivity index (χ1v) is 18.5. The average molecular weight is 693 g/mol. The summed E-state index contributed by atoms with van der Waals surface area (Å²) in [6.45, 7) is 0. The van der Waals surface area contributed by atoms with Gasteiger partial charge in [0.15, 0.2) is 17.5 Å². The maximum atomic E-state index is 5.13. The number of benzene rings is 8. The van der Waals surface area contributed by atoms with Crippen molar-refractivity contribution in [3.8, 4) is 45.3 Å². The molecule has 0 aliphatic heterocycles. The molecule has 0 bridgehead atoms. The van der Waals surface area contributed by atoms with Crippen LogP contribution in [0.1, 0.15) is 0 Å². The highest BCUT2D eigenvalue weighted by Gasteiger charge is 2.18. The second-order valence-corrected chi connectivity index (χ2v) is 14.5. The van der Waals surface area contributed by atoms with Crippen LogP contribution in [-0.4, -0.2) is 19.9 Å². The van der Waals surface area contributed by atoms with Gasteiger partial charge in [0.1, 0.15) is 0 Å². The summed E-state index contributed by atoms with van der Waals surface area (Å²) in [6.07, 6.45) is 3.67. The lowest BCUT2D eigenvalue weighted by Crippen LogP contribution is -2.00. The molecule has 5 heteroatoms. The Balaban J connectivity index is 1.14. The molecule has 11 aromatic rings. The summed E-state index contributed by atoms with van der Waals surface area (Å²) < 4.78 is 2.63. The highest BCUT2D eigenvalue weighted by molar-refractivity contribution is 7.27. The van der Waals surface area contributed by atoms with E-state index in [1.165, 1.54) is 63.3 Å². The van der Waals surface area contributed by atoms with E-state index in [1.807, 2.05) is 53.9 Å². The van der Waals surface area contributed by atoms with Crippen molar-refractivity contribution in [1.29, 1.82) is 0 Å². The number of rotatable bonds is 4. The number of hydrogen-bond acceptors (Lipinski definition) is 5. The summed E-state index contributed by atoms with van der Waals surface area (Å²) in [5.41, 5.74) is 4.98. The first-order valence-electron chi connectivity index (χ1n) is 17.7. The van der Waals surface area contributed by atoms with Crippen LogP contribution >= 0.6 is 11.3 Å². The van der Waals surface area contributed by atoms with Crippen molar-refractivity contribution in [2.45, 2.75) is 0 Å². The molecule has 3 aromatic heterocycles. The molecular formula is C48H28N4S. The highest BCUT2D eigenvalue weighted by atomic mass is 32.1. The first kappa shape index (κ1) is 29.9. The number of aromatic nitrogens is 4. The van der Waals surface area contributed by atoms with Gasteiger partial charge in [0.05, 0.1) is 0 Å². The quantitative estimate of drug-likeness (QED) is 0.172. The lowest BCUT2D eigenvalue weighted by atomic mass is 9.92. The van der Waals surface area contributed by atoms with Gasteiger partial charge >= 0.3 is 0 Å². The molecule has 0 N–H and O–H groups in total. The van der Waals surface area contributed by atoms with E-state index in [2.05, 4.69) is 126 Å². The van der Waals surface area contributed by atoms with Crippen molar-refractivity contribution in [3.63, 3.8) is 0 Å². The van der Waals surface area contributed by atoms with Gasteiger partial charge in [-0.05, 0) is 67.0 Å². The van der Waals surface area contributed by atoms with Gasteiger partial charge in [0.25, 0.3) is 0 Å². The molecule has 0 radical (unpaired) electrons. The Labute approximate surface area is 308 Å². The van der Waals surface area contributed by atoms with E-state index >= 15 is 0 Å². The second kappa shape index (κ2) is 11.9. The zero-order valence-corrected chi connectivity index (χ0v) is 29.2. The summed E-state index contributed by atoms with van der Waals surface area (Å²) in [5, 5.41) is 12.6. The summed E-state index contributed by atoms with van der Waals surface area (Å²) >= 11 is 1.89. The Hall–Kier alpha value is -6.82. The maximum Gasteiger partial charge on any atom is 0.164 e. The van der Waals surface area contributed by atoms with Crippen molar-refractivity contribution in [2.24, 2.45) is 0 Å². The molecule has 0 atom stereocenters. The Morgan fingerprint density at radius 3 is 1.72 bits per heavy atom. The number of fused-ring (bicyclic) bond motifs is 12. The second-order valence-electron chi connectivity index (χ2n) is 13.4. The number of thiophene rings is 1. The minimum Gasteiger partial charge on any atom is -0.264 e. The Morgan fingerprint density at radius 2 is 0.943 bits per heavy atom. The van der Waals surface area contributed by atoms with E-state index in [4.69, 9.17) is 15.0 Å². The smallest absolute Gasteiger partial charge is 0.164 e. The molecule has 246 valence electrons. The van der Waals surface area contributed by atoms with E-state index in [-0.39, 0.29) is 0 Å². The van der Waals surface area contributed by atoms with Crippen molar-refractivity contribution >= 4 is 74.6 Å². The molecule has 0 unspecified atom stereocenters. The summed E-state index contributed by atoms with van der Waals surface area (Å²) in [6, 6.07) is 55.9. The van der Waals surface area contributed by atoms with E-state index in [9.17, 15) is 0 Å². The van der Waals surface area contributed by atoms with Crippen molar-refractivity contribution < 1.29 is 0 Å². The van der Waals surface area contributed by atoms with Crippen LogP contribution in [0.2, 0.25) is 0 Å². The zero-order chi connectivity index (χ0) is 34.9. The maximum absolute atomic E-state index is 5.13. The predicted octanol–water partition coefficient (Wildman–Crippen LogP) is 12.9. The fraction of sp³-hybridized carbons (Fsp3) is 0. The van der Waals surface area contributed by atoms with Crippen molar-refractivity contribution in [2.75, 3.05) is 0 Å². The van der Waals surface area contributed by atoms with Gasteiger partial charge in [-0.1, -0.05) is 140 Å². The topological polar surface area (TPSA) is 51.6 Å². The largest absolute Gasteiger partial charge is 0.264 e. The van der Waals surface area contributed by atoms with Crippen LogP contribution in [0.5, 0.6) is 0 Å². The van der Waals surface area contributed by atoms with Crippen LogP contribution in [0.3, 0.4) is 0 Å². The zero-order valence-electron chi connectivity index (χ0n) is 28.4. The SMILES string of the molecule is c1ccc(-c2nc(-c3ccc(-c4cccnc4)cc3)nc(-c3ccc4c(c3)c3ccccc3c3ccc5c(sc6ccc7ccccc7c65)c34)n2)cc1. The minimum absolute atomic E-state index is 0.634. The molecule has 0 saturated carbocycles. The van der Waals surface area contributed by atoms with Crippen LogP contribution in [0.4, 0.5) is 0 Å². The van der Waals surface area contributed by atoms with Gasteiger partial charge < -0.3 is 0 Å². The number of pyridine rings is 1. The van der Waals surface area contributed by atoms with Gasteiger partial charge in [-0.25, -0.2) is 15.0 Å². The fourth-order valence-electron chi connectivity index (χ4n) is 7.87. The average Bonchev–Trinajstić information content (AvgIpc) is 3.64. The van der Waals surface area contributed by atoms with Gasteiger partial charge in [-0.2, -0.15) is 0 Å². The molecular weight excluding hydrogens is 665 g/mol. The third-order valence-electron chi connectivity index (χ3n) is 10.4. The van der Waals surface area contributed by atoms with Gasteiger partial charge in [0.2, 0.25) is 0 Å². The fourth-order valence-corrected chi connectivity index (χ4v) is 9.15. The molecule has 0 saturated heterocycles. The third kappa shape index (κ3) is 4.82. The molecule has 3 heterocycles. The van der Waals surface area contributed by atoms with Crippen molar-refractivity contribution in [3.05, 3.63) is 170 Å². The van der Waals surface area contributed by atoms with Crippen LogP contribution < -0.4 is 0 Å². The molecule has 8 aromatic carbocycles. The lowest BCUT2D eigenvalue weighted by molar-refractivity contribution is 1.07. The highest BCUT2D eigenvalue weighted by Crippen LogP contribution is 2.46. The third-order valence-corrected chi connectivity index (χ3v) is 11.6. The van der Waals surface area contributed by atoms with Gasteiger partial charge in [0, 0.05) is 54.6 Å². The Bertz CT molecular complexity index is 3210. The van der Waals surface area contributed by atoms with Gasteiger partial charge in [-0.15, -0.1) is 11.3 Å². The molecule has 0 fully saturated rings. The standard InChI is InChI=1S/C48H28N4S/c1-2-10-31(11-3-1)46-50-47(32-18-16-29(17-19-32)34-12-8-26-49-28-34)52-48(51-46)33-20-22-39-41(27-33)37-15-7-6-14-36(37)38-23-24-40-43-35-13-5-4-9-30(35)21-25-42(43)53-45(40)44(38)39/h1-28H. The molecule has 11 rings (SSSR count). The molecule has 4 nitrogen and oxygen atoms in total. The van der Waals surface area contributed by atoms with E-state index in [1.54, 1.807) is 6.20 Å². The Morgan fingerprint density at radius 1 is 0.358 bits per heavy atom. The van der Waals surface area contributed by atoms with E-state index < -0.39 is 0 Å². The summed E-state index contributed by atoms with van der Waals surface area (Å²) in [4.78, 5) is 19.5. The molecule has 0 amide bonds. The van der Waals surface area contributed by atoms with Crippen LogP contribution in [-0.2, 0) is 0 Å². The minimum atomic E-state index is 0.634. The van der Waals surface area contributed by atoms with Crippen LogP contribution in [0.15, 0.2) is 170 Å². The summed E-state index contributed by atoms with van der Waals surface area (Å²) in [5.74, 6) is 1.92. The normalized spacial score (nSPS) is 11.8. The summed E-state index contributed by atoms with van der Waals surface area (Å²) in [7, 11) is 0. The van der Waals surface area contributed by atoms with Crippen molar-refractivity contribution in [1.82, 2.24) is 19.9 Å². The van der Waals surface area contributed by atoms with Gasteiger partial charge in [-0.3, -0.25) is 4.98 Å². The first-order chi connectivity index (χ1) is 26.3. The Kier molecular flexibility index (Phi) is 6.69. The predicted molar refractivity (Wildman–Crippen MR) is 222 cm³/mol. The van der Waals surface area contributed by atoms with Crippen LogP contribution in [0, 0.1) is 0 Å². The molecule has 0 aliphatic carbocycles. The van der Waals surface area contributed by atoms with E-state index in [0.29, 0.717) is 17.5 Å². The number of hydrogen-bond donors (Lipinski definition) is 0.